The second-order valence-corrected chi connectivity index (χ2v) is 5.81. The van der Waals surface area contributed by atoms with Crippen LogP contribution in [-0.2, 0) is 0 Å². The first-order valence-electron chi connectivity index (χ1n) is 7.43. The Morgan fingerprint density at radius 2 is 1.79 bits per heavy atom. The third kappa shape index (κ3) is 3.46. The number of hydrogen-bond acceptors (Lipinski definition) is 4. The van der Waals surface area contributed by atoms with Crippen LogP contribution in [0.4, 0.5) is 15.9 Å². The van der Waals surface area contributed by atoms with Crippen LogP contribution in [0.2, 0.25) is 5.02 Å². The van der Waals surface area contributed by atoms with E-state index >= 15 is 0 Å². The fourth-order valence-electron chi connectivity index (χ4n) is 2.43. The molecule has 1 heterocycles. The van der Waals surface area contributed by atoms with Gasteiger partial charge in [0.2, 0.25) is 0 Å². The summed E-state index contributed by atoms with van der Waals surface area (Å²) in [6, 6.07) is 11.6. The molecule has 1 aromatic heterocycles. The van der Waals surface area contributed by atoms with Crippen LogP contribution in [-0.4, -0.2) is 9.97 Å². The molecule has 0 saturated heterocycles. The molecule has 0 amide bonds. The van der Waals surface area contributed by atoms with Crippen LogP contribution in [0.25, 0.3) is 11.3 Å². The maximum Gasteiger partial charge on any atom is 0.153 e. The van der Waals surface area contributed by atoms with E-state index < -0.39 is 0 Å². The molecule has 1 atom stereocenters. The van der Waals surface area contributed by atoms with Gasteiger partial charge in [-0.2, -0.15) is 0 Å². The van der Waals surface area contributed by atoms with Gasteiger partial charge in [-0.05, 0) is 36.8 Å². The molecule has 2 aromatic carbocycles. The van der Waals surface area contributed by atoms with E-state index in [-0.39, 0.29) is 11.9 Å². The molecule has 1 unspecified atom stereocenters. The van der Waals surface area contributed by atoms with Gasteiger partial charge >= 0.3 is 0 Å². The van der Waals surface area contributed by atoms with E-state index in [1.807, 2.05) is 31.2 Å². The molecule has 0 fully saturated rings. The first-order chi connectivity index (χ1) is 11.5. The molecule has 0 aliphatic rings. The van der Waals surface area contributed by atoms with Gasteiger partial charge in [0.25, 0.3) is 0 Å². The zero-order chi connectivity index (χ0) is 17.1. The Hall–Kier alpha value is -2.66. The van der Waals surface area contributed by atoms with Crippen LogP contribution in [0.5, 0.6) is 0 Å². The first-order valence-corrected chi connectivity index (χ1v) is 7.81. The standard InChI is InChI=1S/C18H16ClFN4/c1-11(15-7-4-13(20)10-16(15)19)24-18-17(22-8-9-23-18)12-2-5-14(21)6-3-12/h2-11H,21H2,1H3,(H,23,24). The quantitative estimate of drug-likeness (QED) is 0.675. The number of nitrogens with two attached hydrogens (primary N) is 1. The summed E-state index contributed by atoms with van der Waals surface area (Å²) in [5.74, 6) is 0.258. The highest BCUT2D eigenvalue weighted by Gasteiger charge is 2.14. The van der Waals surface area contributed by atoms with E-state index in [9.17, 15) is 4.39 Å². The van der Waals surface area contributed by atoms with Crippen LogP contribution in [0.1, 0.15) is 18.5 Å². The summed E-state index contributed by atoms with van der Waals surface area (Å²) in [6.07, 6.45) is 3.24. The topological polar surface area (TPSA) is 63.8 Å². The molecule has 3 rings (SSSR count). The highest BCUT2D eigenvalue weighted by molar-refractivity contribution is 6.31. The number of benzene rings is 2. The molecular formula is C18H16ClFN4. The molecule has 3 N–H and O–H groups in total. The van der Waals surface area contributed by atoms with Crippen molar-refractivity contribution in [1.82, 2.24) is 9.97 Å². The predicted molar refractivity (Wildman–Crippen MR) is 95.3 cm³/mol. The highest BCUT2D eigenvalue weighted by atomic mass is 35.5. The van der Waals surface area contributed by atoms with Crippen molar-refractivity contribution in [2.75, 3.05) is 11.1 Å². The van der Waals surface area contributed by atoms with E-state index in [0.29, 0.717) is 22.2 Å². The second-order valence-electron chi connectivity index (χ2n) is 5.41. The maximum atomic E-state index is 13.2. The van der Waals surface area contributed by atoms with Gasteiger partial charge < -0.3 is 11.1 Å². The Morgan fingerprint density at radius 3 is 2.50 bits per heavy atom. The minimum Gasteiger partial charge on any atom is -0.399 e. The first kappa shape index (κ1) is 16.2. The summed E-state index contributed by atoms with van der Waals surface area (Å²) in [4.78, 5) is 8.77. The lowest BCUT2D eigenvalue weighted by molar-refractivity contribution is 0.626. The molecule has 0 aliphatic heterocycles. The van der Waals surface area contributed by atoms with Crippen molar-refractivity contribution in [2.24, 2.45) is 0 Å². The van der Waals surface area contributed by atoms with Gasteiger partial charge in [0.05, 0.1) is 6.04 Å². The third-order valence-corrected chi connectivity index (χ3v) is 3.99. The Labute approximate surface area is 144 Å². The van der Waals surface area contributed by atoms with Crippen LogP contribution in [0.3, 0.4) is 0 Å². The Morgan fingerprint density at radius 1 is 1.08 bits per heavy atom. The largest absolute Gasteiger partial charge is 0.399 e. The molecule has 0 aliphatic carbocycles. The van der Waals surface area contributed by atoms with Crippen molar-refractivity contribution >= 4 is 23.1 Å². The van der Waals surface area contributed by atoms with E-state index in [1.165, 1.54) is 12.1 Å². The number of rotatable bonds is 4. The SMILES string of the molecule is CC(Nc1nccnc1-c1ccc(N)cc1)c1ccc(F)cc1Cl. The monoisotopic (exact) mass is 342 g/mol. The summed E-state index contributed by atoms with van der Waals surface area (Å²) in [7, 11) is 0. The van der Waals surface area contributed by atoms with E-state index in [0.717, 1.165) is 11.1 Å². The molecule has 122 valence electrons. The number of nitrogens with zero attached hydrogens (tertiary/aromatic N) is 2. The van der Waals surface area contributed by atoms with Gasteiger partial charge in [-0.3, -0.25) is 4.98 Å². The molecule has 4 nitrogen and oxygen atoms in total. The highest BCUT2D eigenvalue weighted by Crippen LogP contribution is 2.30. The molecule has 3 aromatic rings. The Kier molecular flexibility index (Phi) is 4.62. The minimum absolute atomic E-state index is 0.165. The molecule has 0 bridgehead atoms. The van der Waals surface area contributed by atoms with Crippen LogP contribution < -0.4 is 11.1 Å². The van der Waals surface area contributed by atoms with Crippen molar-refractivity contribution in [3.63, 3.8) is 0 Å². The second kappa shape index (κ2) is 6.84. The van der Waals surface area contributed by atoms with Gasteiger partial charge in [0.15, 0.2) is 5.82 Å². The summed E-state index contributed by atoms with van der Waals surface area (Å²) >= 11 is 6.13. The van der Waals surface area contributed by atoms with Crippen molar-refractivity contribution in [3.8, 4) is 11.3 Å². The number of nitrogens with one attached hydrogen (secondary N) is 1. The zero-order valence-corrected chi connectivity index (χ0v) is 13.8. The van der Waals surface area contributed by atoms with E-state index in [1.54, 1.807) is 18.5 Å². The number of halogens is 2. The van der Waals surface area contributed by atoms with Crippen LogP contribution in [0, 0.1) is 5.82 Å². The smallest absolute Gasteiger partial charge is 0.153 e. The predicted octanol–water partition coefficient (Wildman–Crippen LogP) is 4.69. The zero-order valence-electron chi connectivity index (χ0n) is 13.0. The lowest BCUT2D eigenvalue weighted by Gasteiger charge is -2.18. The van der Waals surface area contributed by atoms with Gasteiger partial charge in [-0.15, -0.1) is 0 Å². The molecular weight excluding hydrogens is 327 g/mol. The molecule has 6 heteroatoms. The molecule has 0 radical (unpaired) electrons. The van der Waals surface area contributed by atoms with Crippen molar-refractivity contribution in [1.29, 1.82) is 0 Å². The van der Waals surface area contributed by atoms with Gasteiger partial charge in [-0.25, -0.2) is 9.37 Å². The maximum absolute atomic E-state index is 13.2. The Balaban J connectivity index is 1.91. The van der Waals surface area contributed by atoms with Crippen molar-refractivity contribution < 1.29 is 4.39 Å². The van der Waals surface area contributed by atoms with Crippen LogP contribution in [0.15, 0.2) is 54.9 Å². The normalized spacial score (nSPS) is 12.0. The van der Waals surface area contributed by atoms with Gasteiger partial charge in [0, 0.05) is 28.7 Å². The van der Waals surface area contributed by atoms with E-state index in [2.05, 4.69) is 15.3 Å². The van der Waals surface area contributed by atoms with Gasteiger partial charge in [0.1, 0.15) is 11.5 Å². The molecule has 24 heavy (non-hydrogen) atoms. The van der Waals surface area contributed by atoms with Gasteiger partial charge in [-0.1, -0.05) is 29.8 Å². The average Bonchev–Trinajstić information content (AvgIpc) is 2.56. The molecule has 0 saturated carbocycles. The fourth-order valence-corrected chi connectivity index (χ4v) is 2.76. The van der Waals surface area contributed by atoms with Crippen molar-refractivity contribution in [3.05, 3.63) is 71.3 Å². The van der Waals surface area contributed by atoms with Crippen molar-refractivity contribution in [2.45, 2.75) is 13.0 Å². The average molecular weight is 343 g/mol. The lowest BCUT2D eigenvalue weighted by atomic mass is 10.1. The Bertz CT molecular complexity index is 852. The summed E-state index contributed by atoms with van der Waals surface area (Å²) < 4.78 is 13.2. The summed E-state index contributed by atoms with van der Waals surface area (Å²) in [6.45, 7) is 1.93. The number of nitrogen functional groups attached to an aromatic ring is 1. The fraction of sp³-hybridized carbons (Fsp3) is 0.111. The number of hydrogen-bond donors (Lipinski definition) is 2. The van der Waals surface area contributed by atoms with E-state index in [4.69, 9.17) is 17.3 Å². The third-order valence-electron chi connectivity index (χ3n) is 3.66. The summed E-state index contributed by atoms with van der Waals surface area (Å²) in [5.41, 5.74) is 8.81. The minimum atomic E-state index is -0.363. The summed E-state index contributed by atoms with van der Waals surface area (Å²) in [5, 5.41) is 3.66. The number of anilines is 2. The number of aromatic nitrogens is 2. The van der Waals surface area contributed by atoms with Crippen LogP contribution >= 0.6 is 11.6 Å². The molecule has 0 spiro atoms. The lowest BCUT2D eigenvalue weighted by Crippen LogP contribution is -2.10.